The lowest BCUT2D eigenvalue weighted by molar-refractivity contribution is -0.852. The number of fused-ring (bicyclic) bond motifs is 2. The zero-order valence-electron chi connectivity index (χ0n) is 12.9. The van der Waals surface area contributed by atoms with Crippen molar-refractivity contribution >= 4 is 34.5 Å². The van der Waals surface area contributed by atoms with Gasteiger partial charge in [0.05, 0.1) is 42.6 Å². The number of nitrogens with zero attached hydrogens (tertiary/aromatic N) is 2. The Labute approximate surface area is 144 Å². The van der Waals surface area contributed by atoms with Crippen molar-refractivity contribution in [3.05, 3.63) is 52.2 Å². The summed E-state index contributed by atoms with van der Waals surface area (Å²) in [6.45, 7) is 2.40. The molecule has 0 unspecified atom stereocenters. The largest absolute Gasteiger partial charge is 0.634 e. The van der Waals surface area contributed by atoms with E-state index in [9.17, 15) is 10.3 Å². The molecule has 0 saturated carbocycles. The Morgan fingerprint density at radius 3 is 2.71 bits per heavy atom. The van der Waals surface area contributed by atoms with Crippen LogP contribution in [0.4, 0.5) is 17.1 Å². The number of nitrogens with one attached hydrogen (secondary N) is 2. The van der Waals surface area contributed by atoms with Gasteiger partial charge in [-0.3, -0.25) is 0 Å². The summed E-state index contributed by atoms with van der Waals surface area (Å²) in [4.78, 5) is 6.94. The molecule has 2 aliphatic rings. The minimum absolute atomic E-state index is 0.0163. The number of quaternary nitrogens is 1. The van der Waals surface area contributed by atoms with Crippen LogP contribution in [0.15, 0.2) is 41.4 Å². The molecule has 1 fully saturated rings. The van der Waals surface area contributed by atoms with Crippen LogP contribution in [0.5, 0.6) is 5.75 Å². The number of phenolic OH excluding ortho intramolecular Hbond substituents is 1. The van der Waals surface area contributed by atoms with E-state index in [0.717, 1.165) is 17.1 Å². The summed E-state index contributed by atoms with van der Waals surface area (Å²) in [5.74, 6) is 0.841. The van der Waals surface area contributed by atoms with Gasteiger partial charge in [-0.2, -0.15) is 0 Å². The number of phenols is 1. The lowest BCUT2D eigenvalue weighted by atomic mass is 10.1. The van der Waals surface area contributed by atoms with Crippen LogP contribution in [0, 0.1) is 5.21 Å². The smallest absolute Gasteiger partial charge is 0.139 e. The highest BCUT2D eigenvalue weighted by Crippen LogP contribution is 2.40. The van der Waals surface area contributed by atoms with Crippen molar-refractivity contribution in [2.45, 2.75) is 0 Å². The lowest BCUT2D eigenvalue weighted by Crippen LogP contribution is -3.10. The van der Waals surface area contributed by atoms with Gasteiger partial charge in [0.25, 0.3) is 0 Å². The standard InChI is InChI=1S/C17H17ClN4O2/c18-12-9-14-15(10-16(12)23)19-13-4-2-1-3-11(13)17(20-14)21-5-7-22(24)8-6-21/h1-4,9-10,19,22-23H,5-8H2. The van der Waals surface area contributed by atoms with Crippen LogP contribution >= 0.6 is 11.6 Å². The van der Waals surface area contributed by atoms with Crippen molar-refractivity contribution < 1.29 is 10.2 Å². The predicted molar refractivity (Wildman–Crippen MR) is 94.7 cm³/mol. The molecule has 0 atom stereocenters. The molecule has 1 saturated heterocycles. The SMILES string of the molecule is [O-][NH+]1CCN(C2=Nc3cc(Cl)c(O)cc3Nc3ccccc32)CC1. The Bertz CT molecular complexity index is 816. The van der Waals surface area contributed by atoms with Crippen LogP contribution in [-0.4, -0.2) is 42.0 Å². The number of halogens is 1. The number of aromatic hydroxyl groups is 1. The number of piperazine rings is 1. The minimum Gasteiger partial charge on any atom is -0.634 e. The molecule has 2 aliphatic heterocycles. The van der Waals surface area contributed by atoms with Gasteiger partial charge in [-0.15, -0.1) is 0 Å². The van der Waals surface area contributed by atoms with Crippen LogP contribution in [0.25, 0.3) is 0 Å². The van der Waals surface area contributed by atoms with E-state index in [4.69, 9.17) is 16.6 Å². The third-order valence-corrected chi connectivity index (χ3v) is 4.65. The van der Waals surface area contributed by atoms with Crippen LogP contribution in [0.2, 0.25) is 5.02 Å². The maximum atomic E-state index is 11.6. The fourth-order valence-electron chi connectivity index (χ4n) is 3.06. The maximum Gasteiger partial charge on any atom is 0.139 e. The number of hydrogen-bond donors (Lipinski definition) is 3. The van der Waals surface area contributed by atoms with Gasteiger partial charge >= 0.3 is 0 Å². The monoisotopic (exact) mass is 344 g/mol. The van der Waals surface area contributed by atoms with Crippen molar-refractivity contribution in [3.63, 3.8) is 0 Å². The molecule has 124 valence electrons. The van der Waals surface area contributed by atoms with Crippen molar-refractivity contribution in [3.8, 4) is 5.75 Å². The van der Waals surface area contributed by atoms with Crippen LogP contribution < -0.4 is 10.4 Å². The maximum absolute atomic E-state index is 11.6. The van der Waals surface area contributed by atoms with Gasteiger partial charge < -0.3 is 25.6 Å². The molecule has 4 rings (SSSR count). The molecule has 0 aromatic heterocycles. The Morgan fingerprint density at radius 2 is 1.92 bits per heavy atom. The summed E-state index contributed by atoms with van der Waals surface area (Å²) in [5, 5.41) is 25.3. The van der Waals surface area contributed by atoms with Crippen LogP contribution in [-0.2, 0) is 0 Å². The summed E-state index contributed by atoms with van der Waals surface area (Å²) in [5.41, 5.74) is 3.25. The van der Waals surface area contributed by atoms with E-state index in [1.807, 2.05) is 24.3 Å². The summed E-state index contributed by atoms with van der Waals surface area (Å²) < 4.78 is 0. The van der Waals surface area contributed by atoms with Crippen LogP contribution in [0.3, 0.4) is 0 Å². The first-order valence-electron chi connectivity index (χ1n) is 7.86. The van der Waals surface area contributed by atoms with Gasteiger partial charge in [-0.1, -0.05) is 23.7 Å². The highest BCUT2D eigenvalue weighted by molar-refractivity contribution is 6.32. The minimum atomic E-state index is 0.0163. The van der Waals surface area contributed by atoms with Crippen molar-refractivity contribution in [1.29, 1.82) is 0 Å². The highest BCUT2D eigenvalue weighted by Gasteiger charge is 2.24. The number of hydrogen-bond acceptors (Lipinski definition) is 5. The van der Waals surface area contributed by atoms with E-state index in [2.05, 4.69) is 10.2 Å². The molecule has 7 heteroatoms. The van der Waals surface area contributed by atoms with E-state index in [1.165, 1.54) is 0 Å². The van der Waals surface area contributed by atoms with Gasteiger partial charge in [0.1, 0.15) is 11.6 Å². The van der Waals surface area contributed by atoms with Crippen molar-refractivity contribution in [2.75, 3.05) is 31.5 Å². The Morgan fingerprint density at radius 1 is 1.17 bits per heavy atom. The Kier molecular flexibility index (Phi) is 3.80. The molecular weight excluding hydrogens is 328 g/mol. The summed E-state index contributed by atoms with van der Waals surface area (Å²) in [6.07, 6.45) is 0. The number of hydroxylamine groups is 2. The molecule has 6 nitrogen and oxygen atoms in total. The topological polar surface area (TPSA) is 75.4 Å². The molecular formula is C17H17ClN4O2. The van der Waals surface area contributed by atoms with Gasteiger partial charge in [0.2, 0.25) is 0 Å². The summed E-state index contributed by atoms with van der Waals surface area (Å²) in [7, 11) is 0. The second-order valence-corrected chi connectivity index (χ2v) is 6.36. The third-order valence-electron chi connectivity index (χ3n) is 4.35. The second kappa shape index (κ2) is 5.98. The van der Waals surface area contributed by atoms with Crippen molar-refractivity contribution in [1.82, 2.24) is 4.90 Å². The zero-order chi connectivity index (χ0) is 16.7. The van der Waals surface area contributed by atoms with E-state index in [-0.39, 0.29) is 10.8 Å². The van der Waals surface area contributed by atoms with Gasteiger partial charge in [-0.25, -0.2) is 4.99 Å². The lowest BCUT2D eigenvalue weighted by Gasteiger charge is -2.36. The fraction of sp³-hybridized carbons (Fsp3) is 0.235. The quantitative estimate of drug-likeness (QED) is 0.638. The molecule has 0 bridgehead atoms. The average Bonchev–Trinajstić information content (AvgIpc) is 2.73. The van der Waals surface area contributed by atoms with Crippen LogP contribution in [0.1, 0.15) is 5.56 Å². The molecule has 0 amide bonds. The first kappa shape index (κ1) is 15.3. The number of rotatable bonds is 0. The second-order valence-electron chi connectivity index (χ2n) is 5.95. The number of para-hydroxylation sites is 1. The molecule has 0 aliphatic carbocycles. The number of benzene rings is 2. The fourth-order valence-corrected chi connectivity index (χ4v) is 3.22. The van der Waals surface area contributed by atoms with E-state index in [0.29, 0.717) is 42.6 Å². The molecule has 2 heterocycles. The highest BCUT2D eigenvalue weighted by atomic mass is 35.5. The number of aliphatic imine (C=N–C) groups is 1. The van der Waals surface area contributed by atoms with Crippen molar-refractivity contribution in [2.24, 2.45) is 4.99 Å². The number of anilines is 2. The molecule has 0 radical (unpaired) electrons. The van der Waals surface area contributed by atoms with E-state index in [1.54, 1.807) is 12.1 Å². The number of amidine groups is 1. The average molecular weight is 345 g/mol. The first-order valence-corrected chi connectivity index (χ1v) is 8.24. The van der Waals surface area contributed by atoms with Gasteiger partial charge in [-0.05, 0) is 18.2 Å². The zero-order valence-corrected chi connectivity index (χ0v) is 13.7. The molecule has 2 aromatic carbocycles. The first-order chi connectivity index (χ1) is 11.6. The van der Waals surface area contributed by atoms with E-state index >= 15 is 0 Å². The molecule has 24 heavy (non-hydrogen) atoms. The predicted octanol–water partition coefficient (Wildman–Crippen LogP) is 1.88. The molecule has 3 N–H and O–H groups in total. The van der Waals surface area contributed by atoms with E-state index < -0.39 is 0 Å². The van der Waals surface area contributed by atoms with Gasteiger partial charge in [0, 0.05) is 17.3 Å². The Balaban J connectivity index is 1.85. The normalized spacial score (nSPS) is 17.4. The van der Waals surface area contributed by atoms with Gasteiger partial charge in [0.15, 0.2) is 0 Å². The molecule has 0 spiro atoms. The summed E-state index contributed by atoms with van der Waals surface area (Å²) >= 11 is 6.06. The Hall–Kier alpha value is -2.28. The summed E-state index contributed by atoms with van der Waals surface area (Å²) in [6, 6.07) is 11.1. The molecule has 2 aromatic rings. The third kappa shape index (κ3) is 2.69.